The predicted molar refractivity (Wildman–Crippen MR) is 54.1 cm³/mol. The second-order valence-corrected chi connectivity index (χ2v) is 6.16. The molecule has 0 aromatic heterocycles. The van der Waals surface area contributed by atoms with E-state index in [4.69, 9.17) is 4.89 Å². The van der Waals surface area contributed by atoms with Gasteiger partial charge in [0.05, 0.1) is 6.16 Å². The molecule has 0 radical (unpaired) electrons. The van der Waals surface area contributed by atoms with Gasteiger partial charge in [0.15, 0.2) is 0 Å². The molecule has 0 rings (SSSR count). The Morgan fingerprint density at radius 2 is 2.00 bits per heavy atom. The van der Waals surface area contributed by atoms with E-state index in [0.717, 1.165) is 6.54 Å². The summed E-state index contributed by atoms with van der Waals surface area (Å²) in [5.41, 5.74) is 0.0620. The Hall–Kier alpha value is 0.110. The van der Waals surface area contributed by atoms with Crippen LogP contribution in [0.4, 0.5) is 0 Å². The highest BCUT2D eigenvalue weighted by atomic mass is 31.2. The van der Waals surface area contributed by atoms with Crippen LogP contribution in [0.15, 0.2) is 0 Å². The molecule has 0 amide bonds. The fraction of sp³-hybridized carbons (Fsp3) is 1.00. The van der Waals surface area contributed by atoms with Crippen LogP contribution >= 0.6 is 7.60 Å². The largest absolute Gasteiger partial charge is 0.327 e. The van der Waals surface area contributed by atoms with E-state index in [1.165, 1.54) is 7.11 Å². The molecule has 0 spiro atoms. The number of nitrogens with one attached hydrogen (secondary N) is 1. The zero-order valence-corrected chi connectivity index (χ0v) is 9.73. The maximum absolute atomic E-state index is 11.0. The molecule has 0 aliphatic heterocycles. The van der Waals surface area contributed by atoms with Crippen LogP contribution in [0, 0.1) is 0 Å². The molecular weight excluding hydrogens is 189 g/mol. The zero-order chi connectivity index (χ0) is 10.5. The van der Waals surface area contributed by atoms with Gasteiger partial charge in [-0.2, -0.15) is 0 Å². The predicted octanol–water partition coefficient (Wildman–Crippen LogP) is 1.60. The Balaban J connectivity index is 3.53. The smallest absolute Gasteiger partial charge is 0.324 e. The summed E-state index contributed by atoms with van der Waals surface area (Å²) < 4.78 is 15.5. The van der Waals surface area contributed by atoms with Crippen LogP contribution in [0.25, 0.3) is 0 Å². The summed E-state index contributed by atoms with van der Waals surface area (Å²) in [5, 5.41) is 3.23. The van der Waals surface area contributed by atoms with Gasteiger partial charge in [0, 0.05) is 12.6 Å². The Labute approximate surface area is 80.2 Å². The van der Waals surface area contributed by atoms with E-state index in [9.17, 15) is 4.57 Å². The van der Waals surface area contributed by atoms with E-state index < -0.39 is 7.60 Å². The van der Waals surface area contributed by atoms with Crippen molar-refractivity contribution in [1.82, 2.24) is 5.32 Å². The van der Waals surface area contributed by atoms with Gasteiger partial charge < -0.3 is 14.7 Å². The molecule has 1 unspecified atom stereocenters. The average Bonchev–Trinajstić information content (AvgIpc) is 1.97. The summed E-state index contributed by atoms with van der Waals surface area (Å²) in [6.07, 6.45) is 0.867. The maximum atomic E-state index is 11.0. The zero-order valence-electron chi connectivity index (χ0n) is 8.83. The molecule has 0 saturated heterocycles. The molecule has 0 bridgehead atoms. The van der Waals surface area contributed by atoms with Crippen LogP contribution in [-0.2, 0) is 9.09 Å². The monoisotopic (exact) mass is 209 g/mol. The fourth-order valence-electron chi connectivity index (χ4n) is 0.834. The molecular formula is C8H20NO3P. The van der Waals surface area contributed by atoms with Gasteiger partial charge in [-0.15, -0.1) is 0 Å². The standard InChI is InChI=1S/C8H20NO3P/c1-8(2,3)9-6-5-7-13(10,11)12-4/h9H,5-7H2,1-4H3,(H,10,11). The van der Waals surface area contributed by atoms with Gasteiger partial charge in [-0.05, 0) is 33.7 Å². The average molecular weight is 209 g/mol. The second kappa shape index (κ2) is 5.11. The minimum Gasteiger partial charge on any atom is -0.324 e. The van der Waals surface area contributed by atoms with Crippen LogP contribution < -0.4 is 5.32 Å². The lowest BCUT2D eigenvalue weighted by atomic mass is 10.1. The van der Waals surface area contributed by atoms with Crippen molar-refractivity contribution in [2.75, 3.05) is 19.8 Å². The SMILES string of the molecule is COP(=O)(O)CCCNC(C)(C)C. The van der Waals surface area contributed by atoms with E-state index in [1.807, 2.05) is 0 Å². The summed E-state index contributed by atoms with van der Waals surface area (Å²) in [6, 6.07) is 0. The van der Waals surface area contributed by atoms with Crippen LogP contribution in [0.5, 0.6) is 0 Å². The molecule has 0 aliphatic rings. The van der Waals surface area contributed by atoms with Crippen molar-refractivity contribution in [3.63, 3.8) is 0 Å². The third kappa shape index (κ3) is 8.44. The molecule has 0 aliphatic carbocycles. The van der Waals surface area contributed by atoms with Crippen LogP contribution in [-0.4, -0.2) is 30.2 Å². The minimum absolute atomic E-state index is 0.0620. The third-order valence-corrected chi connectivity index (χ3v) is 3.01. The lowest BCUT2D eigenvalue weighted by Gasteiger charge is -2.20. The highest BCUT2D eigenvalue weighted by Crippen LogP contribution is 2.40. The minimum atomic E-state index is -3.30. The molecule has 1 atom stereocenters. The topological polar surface area (TPSA) is 58.6 Å². The Morgan fingerprint density at radius 1 is 1.46 bits per heavy atom. The van der Waals surface area contributed by atoms with Crippen molar-refractivity contribution in [2.45, 2.75) is 32.7 Å². The summed E-state index contributed by atoms with van der Waals surface area (Å²) in [5.74, 6) is 0. The molecule has 0 aromatic carbocycles. The Bertz CT molecular complexity index is 188. The van der Waals surface area contributed by atoms with Crippen molar-refractivity contribution in [3.05, 3.63) is 0 Å². The van der Waals surface area contributed by atoms with E-state index in [0.29, 0.717) is 6.42 Å². The maximum Gasteiger partial charge on any atom is 0.327 e. The molecule has 5 heteroatoms. The lowest BCUT2D eigenvalue weighted by molar-refractivity contribution is 0.313. The summed E-state index contributed by atoms with van der Waals surface area (Å²) in [6.45, 7) is 6.91. The van der Waals surface area contributed by atoms with Gasteiger partial charge in [-0.1, -0.05) is 0 Å². The highest BCUT2D eigenvalue weighted by Gasteiger charge is 2.16. The van der Waals surface area contributed by atoms with Gasteiger partial charge >= 0.3 is 7.60 Å². The van der Waals surface area contributed by atoms with Crippen LogP contribution in [0.3, 0.4) is 0 Å². The van der Waals surface area contributed by atoms with Crippen molar-refractivity contribution in [3.8, 4) is 0 Å². The molecule has 0 fully saturated rings. The number of rotatable bonds is 5. The Kier molecular flexibility index (Phi) is 5.15. The first-order valence-corrected chi connectivity index (χ1v) is 6.16. The normalized spacial score (nSPS) is 17.0. The second-order valence-electron chi connectivity index (χ2n) is 4.07. The van der Waals surface area contributed by atoms with Crippen LogP contribution in [0.2, 0.25) is 0 Å². The lowest BCUT2D eigenvalue weighted by Crippen LogP contribution is -2.36. The molecule has 13 heavy (non-hydrogen) atoms. The number of hydrogen-bond acceptors (Lipinski definition) is 3. The molecule has 0 saturated carbocycles. The van der Waals surface area contributed by atoms with Crippen molar-refractivity contribution < 1.29 is 14.0 Å². The summed E-state index contributed by atoms with van der Waals surface area (Å²) in [4.78, 5) is 9.06. The van der Waals surface area contributed by atoms with E-state index in [-0.39, 0.29) is 11.7 Å². The van der Waals surface area contributed by atoms with Gasteiger partial charge in [-0.25, -0.2) is 0 Å². The third-order valence-electron chi connectivity index (χ3n) is 1.56. The first kappa shape index (κ1) is 13.1. The van der Waals surface area contributed by atoms with Gasteiger partial charge in [0.2, 0.25) is 0 Å². The first-order chi connectivity index (χ1) is 5.77. The van der Waals surface area contributed by atoms with E-state index in [2.05, 4.69) is 30.6 Å². The molecule has 0 aromatic rings. The molecule has 80 valence electrons. The number of hydrogen-bond donors (Lipinski definition) is 2. The van der Waals surface area contributed by atoms with Gasteiger partial charge in [0.1, 0.15) is 0 Å². The van der Waals surface area contributed by atoms with E-state index in [1.54, 1.807) is 0 Å². The van der Waals surface area contributed by atoms with Gasteiger partial charge in [-0.3, -0.25) is 4.57 Å². The quantitative estimate of drug-likeness (QED) is 0.533. The Morgan fingerprint density at radius 3 is 2.38 bits per heavy atom. The van der Waals surface area contributed by atoms with Crippen molar-refractivity contribution in [2.24, 2.45) is 0 Å². The van der Waals surface area contributed by atoms with Crippen molar-refractivity contribution in [1.29, 1.82) is 0 Å². The van der Waals surface area contributed by atoms with Crippen molar-refractivity contribution >= 4 is 7.60 Å². The van der Waals surface area contributed by atoms with E-state index >= 15 is 0 Å². The van der Waals surface area contributed by atoms with Gasteiger partial charge in [0.25, 0.3) is 0 Å². The summed E-state index contributed by atoms with van der Waals surface area (Å²) in [7, 11) is -2.03. The summed E-state index contributed by atoms with van der Waals surface area (Å²) >= 11 is 0. The molecule has 2 N–H and O–H groups in total. The fourth-order valence-corrected chi connectivity index (χ4v) is 1.57. The highest BCUT2D eigenvalue weighted by molar-refractivity contribution is 7.52. The molecule has 0 heterocycles. The molecule has 4 nitrogen and oxygen atoms in total. The van der Waals surface area contributed by atoms with Crippen LogP contribution in [0.1, 0.15) is 27.2 Å². The first-order valence-electron chi connectivity index (χ1n) is 4.39.